The number of amides is 1. The average Bonchev–Trinajstić information content (AvgIpc) is 3.14. The van der Waals surface area contributed by atoms with Crippen LogP contribution in [0.3, 0.4) is 0 Å². The van der Waals surface area contributed by atoms with E-state index in [9.17, 15) is 4.79 Å². The van der Waals surface area contributed by atoms with E-state index in [1.807, 2.05) is 20.8 Å². The number of carbonyl (C=O) groups excluding carboxylic acids is 1. The third-order valence-electron chi connectivity index (χ3n) is 4.93. The Bertz CT molecular complexity index is 469. The van der Waals surface area contributed by atoms with E-state index in [0.717, 1.165) is 0 Å². The van der Waals surface area contributed by atoms with Crippen LogP contribution in [0.2, 0.25) is 18.1 Å². The molecule has 2 fully saturated rings. The SMILES string of the molecule is CC(C)(C)OC(=O)N[C@H]1CO[C@H](CO[Si](C)(C)C(C)(C)C)C2OC21. The fourth-order valence-corrected chi connectivity index (χ4v) is 3.42. The maximum absolute atomic E-state index is 11.9. The first kappa shape index (κ1) is 19.7. The lowest BCUT2D eigenvalue weighted by molar-refractivity contribution is -0.0191. The summed E-state index contributed by atoms with van der Waals surface area (Å²) < 4.78 is 23.1. The summed E-state index contributed by atoms with van der Waals surface area (Å²) in [4.78, 5) is 11.9. The van der Waals surface area contributed by atoms with Crippen LogP contribution in [0.1, 0.15) is 41.5 Å². The summed E-state index contributed by atoms with van der Waals surface area (Å²) >= 11 is 0. The van der Waals surface area contributed by atoms with E-state index in [-0.39, 0.29) is 29.4 Å². The molecule has 0 aliphatic carbocycles. The minimum Gasteiger partial charge on any atom is -0.444 e. The first-order valence-corrected chi connectivity index (χ1v) is 11.6. The maximum atomic E-state index is 11.9. The molecule has 7 heteroatoms. The Labute approximate surface area is 146 Å². The van der Waals surface area contributed by atoms with Crippen molar-refractivity contribution in [1.82, 2.24) is 5.32 Å². The highest BCUT2D eigenvalue weighted by atomic mass is 28.4. The zero-order valence-electron chi connectivity index (χ0n) is 16.3. The summed E-state index contributed by atoms with van der Waals surface area (Å²) in [6, 6.07) is -0.158. The number of fused-ring (bicyclic) bond motifs is 1. The van der Waals surface area contributed by atoms with Crippen LogP contribution in [0, 0.1) is 0 Å². The Hall–Kier alpha value is -0.633. The van der Waals surface area contributed by atoms with Crippen molar-refractivity contribution in [3.8, 4) is 0 Å². The van der Waals surface area contributed by atoms with Gasteiger partial charge in [-0.2, -0.15) is 0 Å². The van der Waals surface area contributed by atoms with Gasteiger partial charge in [0.2, 0.25) is 0 Å². The molecule has 0 bridgehead atoms. The Morgan fingerprint density at radius 2 is 1.79 bits per heavy atom. The van der Waals surface area contributed by atoms with Crippen LogP contribution in [-0.2, 0) is 18.6 Å². The summed E-state index contributed by atoms with van der Waals surface area (Å²) in [6.45, 7) is 17.6. The molecule has 1 amide bonds. The zero-order valence-corrected chi connectivity index (χ0v) is 17.3. The quantitative estimate of drug-likeness (QED) is 0.617. The number of alkyl carbamates (subject to hydrolysis) is 1. The molecule has 140 valence electrons. The predicted molar refractivity (Wildman–Crippen MR) is 94.7 cm³/mol. The normalized spacial score (nSPS) is 30.5. The number of ether oxygens (including phenoxy) is 3. The third kappa shape index (κ3) is 4.94. The first-order valence-electron chi connectivity index (χ1n) is 8.71. The van der Waals surface area contributed by atoms with Gasteiger partial charge >= 0.3 is 6.09 Å². The van der Waals surface area contributed by atoms with Gasteiger partial charge in [-0.1, -0.05) is 20.8 Å². The molecule has 2 unspecified atom stereocenters. The second-order valence-electron chi connectivity index (χ2n) is 9.26. The molecule has 0 aromatic rings. The Kier molecular flexibility index (Phi) is 5.41. The largest absolute Gasteiger partial charge is 0.444 e. The van der Waals surface area contributed by atoms with E-state index in [0.29, 0.717) is 13.2 Å². The monoisotopic (exact) mass is 359 g/mol. The standard InChI is InChI=1S/C17H33NO5Si/c1-16(2,3)23-15(19)18-11-9-20-12(14-13(11)22-14)10-21-24(7,8)17(4,5)6/h11-14H,9-10H2,1-8H3,(H,18,19)/t11-,12+,13?,14?/m0/s1. The lowest BCUT2D eigenvalue weighted by Crippen LogP contribution is -2.51. The van der Waals surface area contributed by atoms with Crippen LogP contribution in [-0.4, -0.2) is 57.6 Å². The summed E-state index contributed by atoms with van der Waals surface area (Å²) in [5.41, 5.74) is -0.511. The lowest BCUT2D eigenvalue weighted by atomic mass is 10.1. The molecule has 1 N–H and O–H groups in total. The van der Waals surface area contributed by atoms with Crippen molar-refractivity contribution in [1.29, 1.82) is 0 Å². The second kappa shape index (κ2) is 6.59. The molecule has 2 aliphatic rings. The van der Waals surface area contributed by atoms with Crippen molar-refractivity contribution in [3.05, 3.63) is 0 Å². The highest BCUT2D eigenvalue weighted by Gasteiger charge is 2.55. The second-order valence-corrected chi connectivity index (χ2v) is 14.1. The Morgan fingerprint density at radius 1 is 1.17 bits per heavy atom. The van der Waals surface area contributed by atoms with E-state index in [4.69, 9.17) is 18.6 Å². The molecule has 0 spiro atoms. The first-order chi connectivity index (χ1) is 10.8. The van der Waals surface area contributed by atoms with Crippen LogP contribution in [0.4, 0.5) is 4.79 Å². The highest BCUT2D eigenvalue weighted by molar-refractivity contribution is 6.74. The van der Waals surface area contributed by atoms with Gasteiger partial charge < -0.3 is 24.0 Å². The van der Waals surface area contributed by atoms with Gasteiger partial charge in [0.25, 0.3) is 0 Å². The molecule has 0 saturated carbocycles. The van der Waals surface area contributed by atoms with E-state index in [1.54, 1.807) is 0 Å². The van der Waals surface area contributed by atoms with Crippen molar-refractivity contribution < 1.29 is 23.4 Å². The van der Waals surface area contributed by atoms with Gasteiger partial charge in [-0.25, -0.2) is 4.79 Å². The topological polar surface area (TPSA) is 69.3 Å². The predicted octanol–water partition coefficient (Wildman–Crippen LogP) is 3.07. The molecule has 2 heterocycles. The molecule has 0 radical (unpaired) electrons. The fraction of sp³-hybridized carbons (Fsp3) is 0.941. The summed E-state index contributed by atoms with van der Waals surface area (Å²) in [5.74, 6) is 0. The fourth-order valence-electron chi connectivity index (χ4n) is 2.41. The minimum atomic E-state index is -1.80. The van der Waals surface area contributed by atoms with Crippen molar-refractivity contribution in [2.45, 2.75) is 89.6 Å². The molecule has 2 rings (SSSR count). The van der Waals surface area contributed by atoms with E-state index < -0.39 is 20.0 Å². The van der Waals surface area contributed by atoms with Crippen LogP contribution < -0.4 is 5.32 Å². The number of rotatable bonds is 4. The average molecular weight is 360 g/mol. The molecular formula is C17H33NO5Si. The van der Waals surface area contributed by atoms with E-state index in [1.165, 1.54) is 0 Å². The molecule has 6 nitrogen and oxygen atoms in total. The molecule has 2 aliphatic heterocycles. The molecule has 2 saturated heterocycles. The van der Waals surface area contributed by atoms with Gasteiger partial charge in [0.15, 0.2) is 8.32 Å². The number of carbonyl (C=O) groups is 1. The van der Waals surface area contributed by atoms with Crippen molar-refractivity contribution in [2.75, 3.05) is 13.2 Å². The van der Waals surface area contributed by atoms with Gasteiger partial charge in [0.1, 0.15) is 23.9 Å². The van der Waals surface area contributed by atoms with Gasteiger partial charge in [-0.3, -0.25) is 0 Å². The molecule has 0 aromatic carbocycles. The number of nitrogens with one attached hydrogen (secondary N) is 1. The van der Waals surface area contributed by atoms with Gasteiger partial charge in [0.05, 0.1) is 19.3 Å². The number of hydrogen-bond acceptors (Lipinski definition) is 5. The minimum absolute atomic E-state index is 0.000663. The van der Waals surface area contributed by atoms with Crippen LogP contribution in [0.15, 0.2) is 0 Å². The molecule has 4 atom stereocenters. The summed E-state index contributed by atoms with van der Waals surface area (Å²) in [7, 11) is -1.80. The summed E-state index contributed by atoms with van der Waals surface area (Å²) in [6.07, 6.45) is -0.482. The number of epoxide rings is 1. The maximum Gasteiger partial charge on any atom is 0.408 e. The molecule has 0 aromatic heterocycles. The van der Waals surface area contributed by atoms with Crippen molar-refractivity contribution in [2.24, 2.45) is 0 Å². The Balaban J connectivity index is 1.79. The van der Waals surface area contributed by atoms with Crippen molar-refractivity contribution in [3.63, 3.8) is 0 Å². The van der Waals surface area contributed by atoms with Crippen molar-refractivity contribution >= 4 is 14.4 Å². The van der Waals surface area contributed by atoms with E-state index >= 15 is 0 Å². The Morgan fingerprint density at radius 3 is 2.33 bits per heavy atom. The van der Waals surface area contributed by atoms with Gasteiger partial charge in [-0.15, -0.1) is 0 Å². The lowest BCUT2D eigenvalue weighted by Gasteiger charge is -2.37. The van der Waals surface area contributed by atoms with E-state index in [2.05, 4.69) is 39.2 Å². The number of hydrogen-bond donors (Lipinski definition) is 1. The third-order valence-corrected chi connectivity index (χ3v) is 9.43. The summed E-state index contributed by atoms with van der Waals surface area (Å²) in [5, 5.41) is 3.01. The molecular weight excluding hydrogens is 326 g/mol. The van der Waals surface area contributed by atoms with Crippen LogP contribution in [0.25, 0.3) is 0 Å². The van der Waals surface area contributed by atoms with Gasteiger partial charge in [0, 0.05) is 0 Å². The van der Waals surface area contributed by atoms with Crippen LogP contribution >= 0.6 is 0 Å². The highest BCUT2D eigenvalue weighted by Crippen LogP contribution is 2.39. The van der Waals surface area contributed by atoms with Crippen LogP contribution in [0.5, 0.6) is 0 Å². The zero-order chi connectivity index (χ0) is 18.3. The smallest absolute Gasteiger partial charge is 0.408 e. The molecule has 24 heavy (non-hydrogen) atoms. The van der Waals surface area contributed by atoms with Gasteiger partial charge in [-0.05, 0) is 38.9 Å².